The first kappa shape index (κ1) is 7.61. The Morgan fingerprint density at radius 1 is 1.58 bits per heavy atom. The van der Waals surface area contributed by atoms with Crippen LogP contribution in [0, 0.1) is 0 Å². The molecule has 1 aromatic carbocycles. The Hall–Kier alpha value is -1.03. The molecule has 1 N–H and O–H groups in total. The molecule has 2 rings (SSSR count). The molecule has 1 unspecified atom stereocenters. The summed E-state index contributed by atoms with van der Waals surface area (Å²) >= 11 is 0. The van der Waals surface area contributed by atoms with Gasteiger partial charge in [-0.05, 0) is 23.8 Å². The van der Waals surface area contributed by atoms with Crippen LogP contribution in [0.25, 0.3) is 0 Å². The van der Waals surface area contributed by atoms with Crippen LogP contribution in [0.15, 0.2) is 27.5 Å². The number of nitrogens with zero attached hydrogens (tertiary/aromatic N) is 1. The van der Waals surface area contributed by atoms with Crippen molar-refractivity contribution in [2.75, 3.05) is 6.26 Å². The molecule has 0 radical (unpaired) electrons. The first-order chi connectivity index (χ1) is 5.59. The average molecular weight is 183 g/mol. The van der Waals surface area contributed by atoms with E-state index in [1.54, 1.807) is 24.5 Å². The van der Waals surface area contributed by atoms with Gasteiger partial charge in [-0.25, -0.2) is 8.57 Å². The van der Waals surface area contributed by atoms with E-state index < -0.39 is 9.73 Å². The van der Waals surface area contributed by atoms with Crippen LogP contribution < -0.4 is 0 Å². The minimum Gasteiger partial charge on any atom is -0.508 e. The summed E-state index contributed by atoms with van der Waals surface area (Å²) in [6.07, 6.45) is 1.62. The SMILES string of the molecule is CS1(=O)=NCc2cc(O)ccc21. The summed E-state index contributed by atoms with van der Waals surface area (Å²) in [5.41, 5.74) is 0.877. The third kappa shape index (κ3) is 0.992. The molecular formula is C8H9NO2S. The highest BCUT2D eigenvalue weighted by Crippen LogP contribution is 2.28. The smallest absolute Gasteiger partial charge is 0.116 e. The molecule has 0 saturated heterocycles. The highest BCUT2D eigenvalue weighted by Gasteiger charge is 2.17. The molecule has 1 heterocycles. The van der Waals surface area contributed by atoms with Gasteiger partial charge in [-0.3, -0.25) is 0 Å². The summed E-state index contributed by atoms with van der Waals surface area (Å²) in [6, 6.07) is 4.85. The minimum absolute atomic E-state index is 0.209. The Balaban J connectivity index is 2.71. The van der Waals surface area contributed by atoms with Gasteiger partial charge in [0.1, 0.15) is 5.75 Å². The van der Waals surface area contributed by atoms with Gasteiger partial charge >= 0.3 is 0 Å². The molecule has 1 aliphatic heterocycles. The van der Waals surface area contributed by atoms with Crippen LogP contribution in [0.1, 0.15) is 5.56 Å². The van der Waals surface area contributed by atoms with Crippen molar-refractivity contribution < 1.29 is 9.32 Å². The maximum Gasteiger partial charge on any atom is 0.116 e. The topological polar surface area (TPSA) is 49.7 Å². The second-order valence-corrected chi connectivity index (χ2v) is 5.18. The maximum atomic E-state index is 11.7. The van der Waals surface area contributed by atoms with E-state index in [1.807, 2.05) is 0 Å². The molecule has 0 aliphatic carbocycles. The fourth-order valence-corrected chi connectivity index (χ4v) is 2.78. The van der Waals surface area contributed by atoms with E-state index in [0.717, 1.165) is 10.5 Å². The zero-order chi connectivity index (χ0) is 8.77. The second kappa shape index (κ2) is 2.23. The quantitative estimate of drug-likeness (QED) is 0.660. The number of benzene rings is 1. The summed E-state index contributed by atoms with van der Waals surface area (Å²) in [5, 5.41) is 9.13. The van der Waals surface area contributed by atoms with Crippen LogP contribution in [0.5, 0.6) is 5.75 Å². The van der Waals surface area contributed by atoms with Crippen molar-refractivity contribution in [1.29, 1.82) is 0 Å². The van der Waals surface area contributed by atoms with E-state index in [4.69, 9.17) is 5.11 Å². The molecule has 0 spiro atoms. The summed E-state index contributed by atoms with van der Waals surface area (Å²) in [5.74, 6) is 0.209. The minimum atomic E-state index is -2.16. The zero-order valence-corrected chi connectivity index (χ0v) is 7.47. The average Bonchev–Trinajstić information content (AvgIpc) is 2.27. The Morgan fingerprint density at radius 2 is 2.33 bits per heavy atom. The lowest BCUT2D eigenvalue weighted by molar-refractivity contribution is 0.474. The second-order valence-electron chi connectivity index (χ2n) is 2.88. The fourth-order valence-electron chi connectivity index (χ4n) is 1.32. The lowest BCUT2D eigenvalue weighted by Gasteiger charge is -2.00. The molecule has 3 nitrogen and oxygen atoms in total. The predicted octanol–water partition coefficient (Wildman–Crippen LogP) is 1.36. The van der Waals surface area contributed by atoms with Gasteiger partial charge in [0.25, 0.3) is 0 Å². The monoisotopic (exact) mass is 183 g/mol. The van der Waals surface area contributed by atoms with E-state index in [9.17, 15) is 4.21 Å². The zero-order valence-electron chi connectivity index (χ0n) is 6.65. The molecule has 1 aliphatic rings. The van der Waals surface area contributed by atoms with Gasteiger partial charge in [0.05, 0.1) is 21.2 Å². The van der Waals surface area contributed by atoms with Crippen molar-refractivity contribution in [3.63, 3.8) is 0 Å². The Labute approximate surface area is 71.2 Å². The van der Waals surface area contributed by atoms with Crippen molar-refractivity contribution in [2.45, 2.75) is 11.4 Å². The van der Waals surface area contributed by atoms with Gasteiger partial charge in [-0.1, -0.05) is 0 Å². The van der Waals surface area contributed by atoms with E-state index in [2.05, 4.69) is 4.36 Å². The highest BCUT2D eigenvalue weighted by atomic mass is 32.2. The number of phenolic OH excluding ortho intramolecular Hbond substituents is 1. The Bertz CT molecular complexity index is 444. The van der Waals surface area contributed by atoms with Gasteiger partial charge in [-0.15, -0.1) is 0 Å². The van der Waals surface area contributed by atoms with Crippen molar-refractivity contribution in [2.24, 2.45) is 4.36 Å². The maximum absolute atomic E-state index is 11.7. The molecule has 4 heteroatoms. The molecule has 0 aromatic heterocycles. The summed E-state index contributed by atoms with van der Waals surface area (Å²) in [7, 11) is -2.16. The van der Waals surface area contributed by atoms with Gasteiger partial charge < -0.3 is 5.11 Å². The van der Waals surface area contributed by atoms with Gasteiger partial charge in [0.2, 0.25) is 0 Å². The Morgan fingerprint density at radius 3 is 3.08 bits per heavy atom. The van der Waals surface area contributed by atoms with E-state index in [-0.39, 0.29) is 5.75 Å². The molecule has 64 valence electrons. The first-order valence-electron chi connectivity index (χ1n) is 3.59. The van der Waals surface area contributed by atoms with Crippen molar-refractivity contribution in [1.82, 2.24) is 0 Å². The predicted molar refractivity (Wildman–Crippen MR) is 46.6 cm³/mol. The standard InChI is InChI=1S/C8H9NO2S/c1-12(11)8-3-2-7(10)4-6(8)5-9-12/h2-4,10H,5H2,1H3. The van der Waals surface area contributed by atoms with E-state index >= 15 is 0 Å². The molecule has 0 fully saturated rings. The number of rotatable bonds is 0. The lowest BCUT2D eigenvalue weighted by Crippen LogP contribution is -1.93. The Kier molecular flexibility index (Phi) is 1.41. The van der Waals surface area contributed by atoms with Crippen LogP contribution in [-0.2, 0) is 16.3 Å². The molecular weight excluding hydrogens is 174 g/mol. The molecule has 0 saturated carbocycles. The van der Waals surface area contributed by atoms with Crippen molar-refractivity contribution in [3.8, 4) is 5.75 Å². The van der Waals surface area contributed by atoms with Crippen LogP contribution in [-0.4, -0.2) is 15.6 Å². The number of hydrogen-bond acceptors (Lipinski definition) is 3. The van der Waals surface area contributed by atoms with Crippen LogP contribution in [0.2, 0.25) is 0 Å². The summed E-state index contributed by atoms with van der Waals surface area (Å²) in [4.78, 5) is 0.764. The number of aromatic hydroxyl groups is 1. The normalized spacial score (nSPS) is 26.4. The number of phenols is 1. The van der Waals surface area contributed by atoms with Crippen LogP contribution >= 0.6 is 0 Å². The van der Waals surface area contributed by atoms with Gasteiger partial charge in [0.15, 0.2) is 0 Å². The van der Waals surface area contributed by atoms with Gasteiger partial charge in [-0.2, -0.15) is 0 Å². The van der Waals surface area contributed by atoms with Crippen LogP contribution in [0.4, 0.5) is 0 Å². The summed E-state index contributed by atoms with van der Waals surface area (Å²) in [6.45, 7) is 0.457. The highest BCUT2D eigenvalue weighted by molar-refractivity contribution is 7.93. The molecule has 1 aromatic rings. The number of hydrogen-bond donors (Lipinski definition) is 1. The van der Waals surface area contributed by atoms with Crippen molar-refractivity contribution >= 4 is 9.73 Å². The molecule has 1 atom stereocenters. The van der Waals surface area contributed by atoms with Crippen LogP contribution in [0.3, 0.4) is 0 Å². The number of fused-ring (bicyclic) bond motifs is 1. The molecule has 0 bridgehead atoms. The fraction of sp³-hybridized carbons (Fsp3) is 0.250. The first-order valence-corrected chi connectivity index (χ1v) is 5.52. The lowest BCUT2D eigenvalue weighted by atomic mass is 10.2. The summed E-state index contributed by atoms with van der Waals surface area (Å²) < 4.78 is 15.7. The van der Waals surface area contributed by atoms with E-state index in [1.165, 1.54) is 0 Å². The third-order valence-electron chi connectivity index (χ3n) is 1.93. The molecule has 12 heavy (non-hydrogen) atoms. The van der Waals surface area contributed by atoms with Gasteiger partial charge in [0, 0.05) is 6.26 Å². The molecule has 0 amide bonds. The third-order valence-corrected chi connectivity index (χ3v) is 3.77. The van der Waals surface area contributed by atoms with E-state index in [0.29, 0.717) is 6.54 Å². The largest absolute Gasteiger partial charge is 0.508 e. The van der Waals surface area contributed by atoms with Crippen molar-refractivity contribution in [3.05, 3.63) is 23.8 Å².